The highest BCUT2D eigenvalue weighted by atomic mass is 16.5. The average Bonchev–Trinajstić information content (AvgIpc) is 3.53. The SMILES string of the molecule is C/C(=C\C(=O)N(C)[C@H](Cc1ccc2ccccc2c1)C(=O)N(C)[C@H](Cc1ccccc1)C(=O)NCC1CCCO1)CC(C)(C)N. The summed E-state index contributed by atoms with van der Waals surface area (Å²) in [6.45, 7) is 6.79. The Morgan fingerprint density at radius 1 is 0.933 bits per heavy atom. The van der Waals surface area contributed by atoms with E-state index in [1.54, 1.807) is 20.2 Å². The molecule has 3 atom stereocenters. The maximum absolute atomic E-state index is 14.5. The van der Waals surface area contributed by atoms with Gasteiger partial charge in [0, 0.05) is 51.7 Å². The number of nitrogens with one attached hydrogen (secondary N) is 1. The lowest BCUT2D eigenvalue weighted by Gasteiger charge is -2.34. The molecule has 1 unspecified atom stereocenters. The Kier molecular flexibility index (Phi) is 11.5. The predicted octanol–water partition coefficient (Wildman–Crippen LogP) is 4.65. The van der Waals surface area contributed by atoms with Crippen LogP contribution in [0.25, 0.3) is 10.8 Å². The summed E-state index contributed by atoms with van der Waals surface area (Å²) in [6, 6.07) is 22.2. The molecule has 0 radical (unpaired) electrons. The van der Waals surface area contributed by atoms with Gasteiger partial charge in [-0.15, -0.1) is 0 Å². The van der Waals surface area contributed by atoms with Crippen molar-refractivity contribution >= 4 is 28.5 Å². The number of nitrogens with zero attached hydrogens (tertiary/aromatic N) is 2. The minimum absolute atomic E-state index is 0.0229. The van der Waals surface area contributed by atoms with Crippen LogP contribution >= 0.6 is 0 Å². The molecular weight excluding hydrogens is 564 g/mol. The van der Waals surface area contributed by atoms with Crippen LogP contribution in [0, 0.1) is 0 Å². The van der Waals surface area contributed by atoms with E-state index in [-0.39, 0.29) is 23.8 Å². The molecule has 0 aromatic heterocycles. The summed E-state index contributed by atoms with van der Waals surface area (Å²) in [5.41, 5.74) is 8.42. The minimum Gasteiger partial charge on any atom is -0.376 e. The van der Waals surface area contributed by atoms with Crippen molar-refractivity contribution in [3.8, 4) is 0 Å². The first-order valence-corrected chi connectivity index (χ1v) is 15.8. The van der Waals surface area contributed by atoms with Gasteiger partial charge in [0.15, 0.2) is 0 Å². The smallest absolute Gasteiger partial charge is 0.246 e. The van der Waals surface area contributed by atoms with Crippen LogP contribution in [0.4, 0.5) is 0 Å². The van der Waals surface area contributed by atoms with Crippen molar-refractivity contribution in [1.82, 2.24) is 15.1 Å². The quantitative estimate of drug-likeness (QED) is 0.274. The van der Waals surface area contributed by atoms with Crippen LogP contribution in [0.2, 0.25) is 0 Å². The van der Waals surface area contributed by atoms with Gasteiger partial charge in [0.1, 0.15) is 12.1 Å². The van der Waals surface area contributed by atoms with Gasteiger partial charge in [0.05, 0.1) is 6.10 Å². The number of fused-ring (bicyclic) bond motifs is 1. The van der Waals surface area contributed by atoms with Gasteiger partial charge in [-0.25, -0.2) is 0 Å². The second-order valence-corrected chi connectivity index (χ2v) is 13.0. The number of carbonyl (C=O) groups excluding carboxylic acids is 3. The molecular formula is C37H48N4O4. The maximum Gasteiger partial charge on any atom is 0.246 e. The normalized spacial score (nSPS) is 16.7. The van der Waals surface area contributed by atoms with Crippen LogP contribution in [0.5, 0.6) is 0 Å². The molecule has 8 nitrogen and oxygen atoms in total. The molecule has 4 rings (SSSR count). The van der Waals surface area contributed by atoms with Crippen molar-refractivity contribution in [2.24, 2.45) is 5.73 Å². The molecule has 1 heterocycles. The highest BCUT2D eigenvalue weighted by molar-refractivity contribution is 5.95. The Balaban J connectivity index is 1.64. The van der Waals surface area contributed by atoms with Crippen LogP contribution in [0.15, 0.2) is 84.4 Å². The first-order chi connectivity index (χ1) is 21.4. The number of benzene rings is 3. The molecule has 45 heavy (non-hydrogen) atoms. The number of hydrogen-bond donors (Lipinski definition) is 2. The van der Waals surface area contributed by atoms with E-state index in [2.05, 4.69) is 11.4 Å². The summed E-state index contributed by atoms with van der Waals surface area (Å²) in [7, 11) is 3.31. The molecule has 3 aromatic carbocycles. The van der Waals surface area contributed by atoms with Gasteiger partial charge in [-0.1, -0.05) is 78.4 Å². The zero-order valence-corrected chi connectivity index (χ0v) is 27.3. The minimum atomic E-state index is -0.845. The maximum atomic E-state index is 14.5. The number of ether oxygens (including phenoxy) is 1. The zero-order valence-electron chi connectivity index (χ0n) is 27.3. The lowest BCUT2D eigenvalue weighted by Crippen LogP contribution is -2.56. The van der Waals surface area contributed by atoms with Gasteiger partial charge < -0.3 is 25.6 Å². The Morgan fingerprint density at radius 3 is 2.27 bits per heavy atom. The van der Waals surface area contributed by atoms with Gasteiger partial charge in [0.2, 0.25) is 17.7 Å². The van der Waals surface area contributed by atoms with E-state index in [1.165, 1.54) is 9.80 Å². The Labute approximate surface area is 267 Å². The molecule has 8 heteroatoms. The zero-order chi connectivity index (χ0) is 32.6. The number of nitrogens with two attached hydrogens (primary N) is 1. The van der Waals surface area contributed by atoms with Gasteiger partial charge in [-0.3, -0.25) is 14.4 Å². The van der Waals surface area contributed by atoms with Crippen LogP contribution in [-0.4, -0.2) is 78.5 Å². The topological polar surface area (TPSA) is 105 Å². The predicted molar refractivity (Wildman–Crippen MR) is 180 cm³/mol. The van der Waals surface area contributed by atoms with E-state index in [0.717, 1.165) is 40.3 Å². The Bertz CT molecular complexity index is 1490. The van der Waals surface area contributed by atoms with Crippen molar-refractivity contribution in [2.75, 3.05) is 27.2 Å². The van der Waals surface area contributed by atoms with Crippen LogP contribution in [0.1, 0.15) is 51.2 Å². The summed E-state index contributed by atoms with van der Waals surface area (Å²) < 4.78 is 5.71. The summed E-state index contributed by atoms with van der Waals surface area (Å²) in [5.74, 6) is -0.839. The van der Waals surface area contributed by atoms with Crippen molar-refractivity contribution in [1.29, 1.82) is 0 Å². The molecule has 1 aliphatic rings. The molecule has 0 spiro atoms. The first kappa shape index (κ1) is 33.9. The van der Waals surface area contributed by atoms with Crippen LogP contribution in [0.3, 0.4) is 0 Å². The van der Waals surface area contributed by atoms with Gasteiger partial charge >= 0.3 is 0 Å². The van der Waals surface area contributed by atoms with Crippen molar-refractivity contribution < 1.29 is 19.1 Å². The molecule has 0 aliphatic carbocycles. The molecule has 3 amide bonds. The molecule has 240 valence electrons. The molecule has 3 aromatic rings. The number of hydrogen-bond acceptors (Lipinski definition) is 5. The van der Waals surface area contributed by atoms with E-state index in [4.69, 9.17) is 10.5 Å². The molecule has 1 fully saturated rings. The molecule has 3 N–H and O–H groups in total. The monoisotopic (exact) mass is 612 g/mol. The van der Waals surface area contributed by atoms with E-state index >= 15 is 0 Å². The first-order valence-electron chi connectivity index (χ1n) is 15.8. The van der Waals surface area contributed by atoms with Gasteiger partial charge in [-0.05, 0) is 61.9 Å². The second kappa shape index (κ2) is 15.3. The number of amides is 3. The average molecular weight is 613 g/mol. The van der Waals surface area contributed by atoms with E-state index in [1.807, 2.05) is 87.5 Å². The molecule has 1 aliphatic heterocycles. The number of carbonyl (C=O) groups is 3. The third-order valence-electron chi connectivity index (χ3n) is 8.37. The summed E-state index contributed by atoms with van der Waals surface area (Å²) in [4.78, 5) is 44.7. The Morgan fingerprint density at radius 2 is 1.60 bits per heavy atom. The van der Waals surface area contributed by atoms with Crippen LogP contribution in [-0.2, 0) is 32.0 Å². The van der Waals surface area contributed by atoms with E-state index < -0.39 is 17.6 Å². The standard InChI is InChI=1S/C37H48N4O4/c1-26(24-37(2,3)38)20-34(42)40(4)33(23-28-17-18-29-14-9-10-15-30(29)21-28)36(44)41(5)32(22-27-12-7-6-8-13-27)35(43)39-25-31-16-11-19-45-31/h6-10,12-15,17-18,20-21,31-33H,11,16,19,22-25,38H2,1-5H3,(H,39,43)/b26-20+/t31?,32-,33-/m1/s1. The van der Waals surface area contributed by atoms with E-state index in [9.17, 15) is 14.4 Å². The highest BCUT2D eigenvalue weighted by Gasteiger charge is 2.35. The summed E-state index contributed by atoms with van der Waals surface area (Å²) in [5, 5.41) is 5.18. The van der Waals surface area contributed by atoms with E-state index in [0.29, 0.717) is 32.4 Å². The largest absolute Gasteiger partial charge is 0.376 e. The van der Waals surface area contributed by atoms with Crippen molar-refractivity contribution in [3.05, 3.63) is 95.6 Å². The second-order valence-electron chi connectivity index (χ2n) is 13.0. The van der Waals surface area contributed by atoms with Crippen molar-refractivity contribution in [2.45, 2.75) is 76.6 Å². The fourth-order valence-electron chi connectivity index (χ4n) is 5.98. The molecule has 0 saturated carbocycles. The van der Waals surface area contributed by atoms with Crippen LogP contribution < -0.4 is 11.1 Å². The molecule has 1 saturated heterocycles. The Hall–Kier alpha value is -4.01. The van der Waals surface area contributed by atoms with Crippen molar-refractivity contribution in [3.63, 3.8) is 0 Å². The number of likely N-dealkylation sites (N-methyl/N-ethyl adjacent to an activating group) is 2. The fraction of sp³-hybridized carbons (Fsp3) is 0.432. The summed E-state index contributed by atoms with van der Waals surface area (Å²) >= 11 is 0. The lowest BCUT2D eigenvalue weighted by molar-refractivity contribution is -0.146. The van der Waals surface area contributed by atoms with Gasteiger partial charge in [-0.2, -0.15) is 0 Å². The molecule has 0 bridgehead atoms. The number of rotatable bonds is 13. The highest BCUT2D eigenvalue weighted by Crippen LogP contribution is 2.21. The third-order valence-corrected chi connectivity index (χ3v) is 8.37. The summed E-state index contributed by atoms with van der Waals surface area (Å²) in [6.07, 6.45) is 4.58. The third kappa shape index (κ3) is 9.74. The lowest BCUT2D eigenvalue weighted by atomic mass is 9.96. The fourth-order valence-corrected chi connectivity index (χ4v) is 5.98. The van der Waals surface area contributed by atoms with Gasteiger partial charge in [0.25, 0.3) is 0 Å².